The molecule has 1 saturated carbocycles. The maximum atomic E-state index is 10.6. The van der Waals surface area contributed by atoms with Crippen molar-refractivity contribution in [2.75, 3.05) is 14.2 Å². The van der Waals surface area contributed by atoms with Crippen molar-refractivity contribution >= 4 is 22.6 Å². The lowest BCUT2D eigenvalue weighted by Gasteiger charge is -2.35. The molecule has 2 heterocycles. The van der Waals surface area contributed by atoms with Gasteiger partial charge in [-0.05, 0) is 42.7 Å². The molecular weight excluding hydrogens is 449 g/mol. The average Bonchev–Trinajstić information content (AvgIpc) is 3.26. The molecule has 0 radical (unpaired) electrons. The van der Waals surface area contributed by atoms with E-state index in [1.165, 1.54) is 35.8 Å². The number of hydrogen-bond donors (Lipinski definition) is 2. The number of H-pyrrole nitrogens is 1. The van der Waals surface area contributed by atoms with E-state index >= 15 is 0 Å². The number of nitrogens with one attached hydrogen (secondary N) is 1. The molecule has 1 aromatic heterocycles. The molecule has 1 aliphatic heterocycles. The standard InChI is InChI=1S/C23H24N2O2.C2HF3O2/c1-26-21-12-16-15-8-4-6-10-19(15)25-23(17(16)13-22(21)27-2)20-11-14-7-3-5-9-18(14)24-20;3-2(4,5)1(6)7/h3,5,7,9,11-13,15,19,24H,4,6,8,10H2,1-2H3;(H,6,7)/t15-,19-;/m1./s1. The summed E-state index contributed by atoms with van der Waals surface area (Å²) in [4.78, 5) is 17.7. The van der Waals surface area contributed by atoms with Crippen molar-refractivity contribution in [2.24, 2.45) is 4.99 Å². The van der Waals surface area contributed by atoms with Crippen LogP contribution in [0.4, 0.5) is 13.2 Å². The van der Waals surface area contributed by atoms with E-state index in [9.17, 15) is 13.2 Å². The number of benzene rings is 2. The van der Waals surface area contributed by atoms with E-state index in [4.69, 9.17) is 24.4 Å². The highest BCUT2D eigenvalue weighted by atomic mass is 19.4. The molecule has 0 amide bonds. The number of para-hydroxylation sites is 1. The Bertz CT molecular complexity index is 1200. The number of aliphatic imine (C=N–C) groups is 1. The van der Waals surface area contributed by atoms with Crippen LogP contribution >= 0.6 is 0 Å². The number of rotatable bonds is 3. The van der Waals surface area contributed by atoms with Gasteiger partial charge in [0.2, 0.25) is 0 Å². The molecule has 2 aromatic carbocycles. The summed E-state index contributed by atoms with van der Waals surface area (Å²) in [6.07, 6.45) is -0.210. The average molecular weight is 474 g/mol. The van der Waals surface area contributed by atoms with Crippen LogP contribution in [0.25, 0.3) is 10.9 Å². The third kappa shape index (κ3) is 4.60. The molecule has 180 valence electrons. The fourth-order valence-corrected chi connectivity index (χ4v) is 4.69. The van der Waals surface area contributed by atoms with Crippen LogP contribution in [-0.2, 0) is 4.79 Å². The normalized spacial score (nSPS) is 19.3. The monoisotopic (exact) mass is 474 g/mol. The summed E-state index contributed by atoms with van der Waals surface area (Å²) in [7, 11) is 3.40. The quantitative estimate of drug-likeness (QED) is 0.510. The van der Waals surface area contributed by atoms with Crippen LogP contribution in [0, 0.1) is 0 Å². The van der Waals surface area contributed by atoms with Crippen molar-refractivity contribution in [3.8, 4) is 11.5 Å². The molecule has 0 bridgehead atoms. The second-order valence-corrected chi connectivity index (χ2v) is 8.30. The molecular formula is C25H25F3N2O4. The van der Waals surface area contributed by atoms with Crippen LogP contribution in [0.5, 0.6) is 11.5 Å². The number of methoxy groups -OCH3 is 2. The Labute approximate surface area is 194 Å². The number of aromatic amines is 1. The van der Waals surface area contributed by atoms with E-state index < -0.39 is 12.1 Å². The van der Waals surface area contributed by atoms with E-state index in [2.05, 4.69) is 47.4 Å². The minimum absolute atomic E-state index is 0.353. The highest BCUT2D eigenvalue weighted by Crippen LogP contribution is 2.44. The summed E-state index contributed by atoms with van der Waals surface area (Å²) < 4.78 is 42.9. The third-order valence-electron chi connectivity index (χ3n) is 6.26. The molecule has 0 spiro atoms. The predicted molar refractivity (Wildman–Crippen MR) is 122 cm³/mol. The number of carboxylic acid groups (broad SMARTS) is 1. The Balaban J connectivity index is 0.000000344. The predicted octanol–water partition coefficient (Wildman–Crippen LogP) is 5.70. The van der Waals surface area contributed by atoms with Gasteiger partial charge in [0.1, 0.15) is 0 Å². The van der Waals surface area contributed by atoms with E-state index in [1.807, 2.05) is 0 Å². The SMILES string of the molecule is COc1cc2c(cc1OC)[C@H]1CCCC[C@H]1N=C2c1cc2ccccc2[nH]1.O=C(O)C(F)(F)F. The number of aromatic nitrogens is 1. The second-order valence-electron chi connectivity index (χ2n) is 8.30. The van der Waals surface area contributed by atoms with E-state index in [0.717, 1.165) is 34.8 Å². The van der Waals surface area contributed by atoms with Crippen molar-refractivity contribution in [2.45, 2.75) is 43.8 Å². The van der Waals surface area contributed by atoms with Gasteiger partial charge in [0.05, 0.1) is 31.7 Å². The maximum Gasteiger partial charge on any atom is 0.490 e. The Morgan fingerprint density at radius 3 is 2.35 bits per heavy atom. The Morgan fingerprint density at radius 1 is 1.06 bits per heavy atom. The summed E-state index contributed by atoms with van der Waals surface area (Å²) in [6.45, 7) is 0. The summed E-state index contributed by atoms with van der Waals surface area (Å²) >= 11 is 0. The smallest absolute Gasteiger partial charge is 0.490 e. The minimum Gasteiger partial charge on any atom is -0.493 e. The van der Waals surface area contributed by atoms with Crippen LogP contribution in [0.15, 0.2) is 47.5 Å². The van der Waals surface area contributed by atoms with Gasteiger partial charge in [0, 0.05) is 22.4 Å². The number of hydrogen-bond acceptors (Lipinski definition) is 4. The number of fused-ring (bicyclic) bond motifs is 4. The lowest BCUT2D eigenvalue weighted by molar-refractivity contribution is -0.192. The first-order valence-electron chi connectivity index (χ1n) is 10.9. The van der Waals surface area contributed by atoms with Crippen LogP contribution in [-0.4, -0.2) is 48.2 Å². The third-order valence-corrected chi connectivity index (χ3v) is 6.26. The number of halogens is 3. The Kier molecular flexibility index (Phi) is 6.54. The van der Waals surface area contributed by atoms with Gasteiger partial charge < -0.3 is 19.6 Å². The van der Waals surface area contributed by atoms with Gasteiger partial charge in [0.15, 0.2) is 11.5 Å². The van der Waals surface area contributed by atoms with Crippen LogP contribution in [0.1, 0.15) is 48.4 Å². The van der Waals surface area contributed by atoms with E-state index in [1.54, 1.807) is 14.2 Å². The zero-order valence-corrected chi connectivity index (χ0v) is 18.8. The molecule has 6 nitrogen and oxygen atoms in total. The van der Waals surface area contributed by atoms with Gasteiger partial charge in [-0.15, -0.1) is 0 Å². The van der Waals surface area contributed by atoms with Gasteiger partial charge in [-0.1, -0.05) is 31.0 Å². The molecule has 1 aliphatic carbocycles. The molecule has 2 N–H and O–H groups in total. The largest absolute Gasteiger partial charge is 0.493 e. The zero-order chi connectivity index (χ0) is 24.5. The fourth-order valence-electron chi connectivity index (χ4n) is 4.69. The maximum absolute atomic E-state index is 10.6. The van der Waals surface area contributed by atoms with Crippen molar-refractivity contribution in [3.05, 3.63) is 59.3 Å². The lowest BCUT2D eigenvalue weighted by atomic mass is 9.75. The fraction of sp³-hybridized carbons (Fsp3) is 0.360. The zero-order valence-electron chi connectivity index (χ0n) is 18.8. The number of ether oxygens (including phenoxy) is 2. The van der Waals surface area contributed by atoms with E-state index in [-0.39, 0.29) is 0 Å². The molecule has 0 unspecified atom stereocenters. The van der Waals surface area contributed by atoms with Crippen LogP contribution in [0.3, 0.4) is 0 Å². The first kappa shape index (κ1) is 23.7. The van der Waals surface area contributed by atoms with Crippen molar-refractivity contribution in [1.29, 1.82) is 0 Å². The van der Waals surface area contributed by atoms with Crippen molar-refractivity contribution < 1.29 is 32.5 Å². The first-order chi connectivity index (χ1) is 16.2. The molecule has 5 rings (SSSR count). The summed E-state index contributed by atoms with van der Waals surface area (Å²) in [5.74, 6) is -0.720. The van der Waals surface area contributed by atoms with Gasteiger partial charge in [-0.25, -0.2) is 4.79 Å². The van der Waals surface area contributed by atoms with Gasteiger partial charge in [-0.2, -0.15) is 13.2 Å². The van der Waals surface area contributed by atoms with Crippen LogP contribution < -0.4 is 9.47 Å². The second kappa shape index (κ2) is 9.40. The number of carbonyl (C=O) groups is 1. The number of aliphatic carboxylic acids is 1. The Hall–Kier alpha value is -3.49. The number of nitrogens with zero attached hydrogens (tertiary/aromatic N) is 1. The summed E-state index contributed by atoms with van der Waals surface area (Å²) in [5, 5.41) is 8.34. The number of alkyl halides is 3. The molecule has 1 fully saturated rings. The number of carboxylic acids is 1. The van der Waals surface area contributed by atoms with Crippen LogP contribution in [0.2, 0.25) is 0 Å². The van der Waals surface area contributed by atoms with Crippen molar-refractivity contribution in [1.82, 2.24) is 4.98 Å². The molecule has 9 heteroatoms. The highest BCUT2D eigenvalue weighted by Gasteiger charge is 2.38. The molecule has 34 heavy (non-hydrogen) atoms. The van der Waals surface area contributed by atoms with Gasteiger partial charge in [-0.3, -0.25) is 4.99 Å². The minimum atomic E-state index is -5.08. The molecule has 3 aromatic rings. The molecule has 2 aliphatic rings. The van der Waals surface area contributed by atoms with Gasteiger partial charge in [0.25, 0.3) is 0 Å². The first-order valence-corrected chi connectivity index (χ1v) is 10.9. The topological polar surface area (TPSA) is 83.9 Å². The summed E-state index contributed by atoms with van der Waals surface area (Å²) in [6, 6.07) is 15.2. The highest BCUT2D eigenvalue weighted by molar-refractivity contribution is 6.15. The Morgan fingerprint density at radius 2 is 1.71 bits per heavy atom. The van der Waals surface area contributed by atoms with Gasteiger partial charge >= 0.3 is 12.1 Å². The van der Waals surface area contributed by atoms with E-state index in [0.29, 0.717) is 12.0 Å². The molecule has 0 saturated heterocycles. The molecule has 2 atom stereocenters. The summed E-state index contributed by atoms with van der Waals surface area (Å²) in [5.41, 5.74) is 5.78. The lowest BCUT2D eigenvalue weighted by Crippen LogP contribution is -2.29. The van der Waals surface area contributed by atoms with Crippen molar-refractivity contribution in [3.63, 3.8) is 0 Å².